The normalized spacial score (nSPS) is 18.5. The molecule has 2 aromatic heterocycles. The Morgan fingerprint density at radius 1 is 0.949 bits per heavy atom. The molecule has 3 heterocycles. The van der Waals surface area contributed by atoms with E-state index in [-0.39, 0.29) is 11.6 Å². The third-order valence-corrected chi connectivity index (χ3v) is 8.85. The minimum absolute atomic E-state index is 0.0666. The van der Waals surface area contributed by atoms with E-state index in [1.807, 2.05) is 10.7 Å². The Balaban J connectivity index is 1.34. The first kappa shape index (κ1) is 25.9. The predicted molar refractivity (Wildman–Crippen MR) is 154 cm³/mol. The Morgan fingerprint density at radius 3 is 2.46 bits per heavy atom. The van der Waals surface area contributed by atoms with Crippen LogP contribution >= 0.6 is 0 Å². The summed E-state index contributed by atoms with van der Waals surface area (Å²) in [6, 6.07) is 17.1. The molecule has 1 atom stereocenters. The van der Waals surface area contributed by atoms with E-state index in [9.17, 15) is 4.79 Å². The molecular weight excluding hydrogens is 486 g/mol. The number of fused-ring (bicyclic) bond motifs is 1. The van der Waals surface area contributed by atoms with E-state index in [0.717, 1.165) is 49.3 Å². The zero-order valence-corrected chi connectivity index (χ0v) is 23.1. The van der Waals surface area contributed by atoms with E-state index in [0.29, 0.717) is 18.2 Å². The largest absolute Gasteiger partial charge is 0.322 e. The molecule has 0 radical (unpaired) electrons. The van der Waals surface area contributed by atoms with Gasteiger partial charge in [0.2, 0.25) is 0 Å². The molecule has 39 heavy (non-hydrogen) atoms. The van der Waals surface area contributed by atoms with Crippen LogP contribution in [-0.4, -0.2) is 67.2 Å². The number of aromatic nitrogens is 5. The predicted octanol–water partition coefficient (Wildman–Crippen LogP) is 4.41. The topological polar surface area (TPSA) is 82.9 Å². The molecule has 0 spiro atoms. The van der Waals surface area contributed by atoms with Crippen molar-refractivity contribution in [2.75, 3.05) is 26.2 Å². The Labute approximate surface area is 230 Å². The number of hydrogen-bond donors (Lipinski definition) is 1. The van der Waals surface area contributed by atoms with Crippen molar-refractivity contribution in [3.05, 3.63) is 87.0 Å². The van der Waals surface area contributed by atoms with Crippen LogP contribution < -0.4 is 5.56 Å². The lowest BCUT2D eigenvalue weighted by Crippen LogP contribution is -2.52. The number of tetrazole rings is 1. The van der Waals surface area contributed by atoms with Crippen LogP contribution in [-0.2, 0) is 13.0 Å². The number of aromatic amines is 1. The van der Waals surface area contributed by atoms with Gasteiger partial charge < -0.3 is 4.98 Å². The summed E-state index contributed by atoms with van der Waals surface area (Å²) in [7, 11) is 0. The fourth-order valence-electron chi connectivity index (χ4n) is 6.45. The summed E-state index contributed by atoms with van der Waals surface area (Å²) in [5.41, 5.74) is 5.15. The summed E-state index contributed by atoms with van der Waals surface area (Å²) in [6.07, 6.45) is 7.50. The molecule has 0 amide bonds. The van der Waals surface area contributed by atoms with Crippen LogP contribution in [0.1, 0.15) is 66.2 Å². The molecule has 2 aromatic carbocycles. The van der Waals surface area contributed by atoms with Gasteiger partial charge in [0.1, 0.15) is 6.04 Å². The summed E-state index contributed by atoms with van der Waals surface area (Å²) in [5.74, 6) is 0.741. The maximum Gasteiger partial charge on any atom is 0.253 e. The molecule has 1 saturated carbocycles. The minimum atomic E-state index is -0.306. The number of piperazine rings is 1. The van der Waals surface area contributed by atoms with E-state index < -0.39 is 0 Å². The number of H-pyrrole nitrogens is 1. The molecule has 0 unspecified atom stereocenters. The number of rotatable bonds is 7. The van der Waals surface area contributed by atoms with Gasteiger partial charge in [-0.3, -0.25) is 14.6 Å². The maximum atomic E-state index is 13.6. The van der Waals surface area contributed by atoms with Gasteiger partial charge in [-0.25, -0.2) is 4.68 Å². The van der Waals surface area contributed by atoms with Crippen molar-refractivity contribution in [1.29, 1.82) is 0 Å². The molecule has 2 aliphatic rings. The van der Waals surface area contributed by atoms with Crippen molar-refractivity contribution in [2.24, 2.45) is 0 Å². The first-order valence-electron chi connectivity index (χ1n) is 14.5. The summed E-state index contributed by atoms with van der Waals surface area (Å²) in [6.45, 7) is 8.65. The summed E-state index contributed by atoms with van der Waals surface area (Å²) in [4.78, 5) is 21.9. The van der Waals surface area contributed by atoms with Crippen LogP contribution in [0.4, 0.5) is 0 Å². The lowest BCUT2D eigenvalue weighted by Gasteiger charge is -2.43. The van der Waals surface area contributed by atoms with Crippen molar-refractivity contribution in [1.82, 2.24) is 35.0 Å². The Kier molecular flexibility index (Phi) is 7.57. The number of nitrogens with zero attached hydrogens (tertiary/aromatic N) is 6. The molecule has 6 rings (SSSR count). The SMILES string of the molecule is Cc1cc2cc([C@@H](c3nnnn3CCc3ccccc3)N3CCN(C4CCCCC4)CC3)c(=O)[nH]c2cc1C. The molecule has 204 valence electrons. The zero-order chi connectivity index (χ0) is 26.8. The van der Waals surface area contributed by atoms with Gasteiger partial charge in [0.05, 0.1) is 0 Å². The van der Waals surface area contributed by atoms with Crippen molar-refractivity contribution in [3.8, 4) is 0 Å². The van der Waals surface area contributed by atoms with E-state index in [1.165, 1.54) is 48.8 Å². The van der Waals surface area contributed by atoms with Gasteiger partial charge >= 0.3 is 0 Å². The monoisotopic (exact) mass is 525 g/mol. The second-order valence-electron chi connectivity index (χ2n) is 11.3. The zero-order valence-electron chi connectivity index (χ0n) is 23.1. The summed E-state index contributed by atoms with van der Waals surface area (Å²) >= 11 is 0. The number of benzene rings is 2. The summed E-state index contributed by atoms with van der Waals surface area (Å²) in [5, 5.41) is 14.1. The molecule has 4 aromatic rings. The second kappa shape index (κ2) is 11.4. The van der Waals surface area contributed by atoms with Gasteiger partial charge in [-0.05, 0) is 83.8 Å². The molecular formula is C31H39N7O. The van der Waals surface area contributed by atoms with E-state index in [4.69, 9.17) is 0 Å². The van der Waals surface area contributed by atoms with Crippen LogP contribution in [0.25, 0.3) is 10.9 Å². The molecule has 1 aliphatic carbocycles. The first-order chi connectivity index (χ1) is 19.1. The van der Waals surface area contributed by atoms with Gasteiger partial charge in [-0.2, -0.15) is 0 Å². The Hall–Kier alpha value is -3.36. The van der Waals surface area contributed by atoms with E-state index in [2.05, 4.69) is 86.6 Å². The maximum absolute atomic E-state index is 13.6. The lowest BCUT2D eigenvalue weighted by atomic mass is 9.93. The molecule has 1 saturated heterocycles. The number of hydrogen-bond acceptors (Lipinski definition) is 6. The minimum Gasteiger partial charge on any atom is -0.322 e. The third kappa shape index (κ3) is 5.54. The molecule has 2 fully saturated rings. The lowest BCUT2D eigenvalue weighted by molar-refractivity contribution is 0.0617. The molecule has 8 nitrogen and oxygen atoms in total. The van der Waals surface area contributed by atoms with Gasteiger partial charge in [-0.15, -0.1) is 5.10 Å². The van der Waals surface area contributed by atoms with Crippen molar-refractivity contribution in [2.45, 2.75) is 71.0 Å². The van der Waals surface area contributed by atoms with Crippen LogP contribution in [0.3, 0.4) is 0 Å². The third-order valence-electron chi connectivity index (χ3n) is 8.85. The Morgan fingerprint density at radius 2 is 1.69 bits per heavy atom. The summed E-state index contributed by atoms with van der Waals surface area (Å²) < 4.78 is 1.90. The average molecular weight is 526 g/mol. The second-order valence-corrected chi connectivity index (χ2v) is 11.3. The highest BCUT2D eigenvalue weighted by Gasteiger charge is 2.34. The molecule has 0 bridgehead atoms. The number of aryl methyl sites for hydroxylation is 4. The highest BCUT2D eigenvalue weighted by atomic mass is 16.1. The Bertz CT molecular complexity index is 1460. The smallest absolute Gasteiger partial charge is 0.253 e. The molecule has 1 N–H and O–H groups in total. The van der Waals surface area contributed by atoms with Gasteiger partial charge in [-0.1, -0.05) is 49.6 Å². The average Bonchev–Trinajstić information content (AvgIpc) is 3.43. The van der Waals surface area contributed by atoms with Crippen LogP contribution in [0.15, 0.2) is 53.3 Å². The van der Waals surface area contributed by atoms with E-state index in [1.54, 1.807) is 0 Å². The molecule has 8 heteroatoms. The van der Waals surface area contributed by atoms with Crippen molar-refractivity contribution in [3.63, 3.8) is 0 Å². The fourth-order valence-corrected chi connectivity index (χ4v) is 6.45. The van der Waals surface area contributed by atoms with Gasteiger partial charge in [0.15, 0.2) is 5.82 Å². The standard InChI is InChI=1S/C31H39N7O/c1-22-19-25-21-27(31(39)32-28(25)20-23(22)2)29(37-17-15-36(16-18-37)26-11-7-4-8-12-26)30-33-34-35-38(30)14-13-24-9-5-3-6-10-24/h3,5-6,9-10,19-21,26,29H,4,7-8,11-18H2,1-2H3,(H,32,39)/t29-/m0/s1. The fraction of sp³-hybridized carbons (Fsp3) is 0.484. The van der Waals surface area contributed by atoms with Gasteiger partial charge in [0.25, 0.3) is 5.56 Å². The van der Waals surface area contributed by atoms with E-state index >= 15 is 0 Å². The highest BCUT2D eigenvalue weighted by Crippen LogP contribution is 2.30. The van der Waals surface area contributed by atoms with Crippen LogP contribution in [0.2, 0.25) is 0 Å². The van der Waals surface area contributed by atoms with Crippen LogP contribution in [0, 0.1) is 13.8 Å². The molecule has 1 aliphatic heterocycles. The number of pyridine rings is 1. The first-order valence-corrected chi connectivity index (χ1v) is 14.5. The van der Waals surface area contributed by atoms with Gasteiger partial charge in [0, 0.05) is 49.8 Å². The quantitative estimate of drug-likeness (QED) is 0.385. The highest BCUT2D eigenvalue weighted by molar-refractivity contribution is 5.81. The van der Waals surface area contributed by atoms with Crippen LogP contribution in [0.5, 0.6) is 0 Å². The van der Waals surface area contributed by atoms with Crippen molar-refractivity contribution < 1.29 is 0 Å². The van der Waals surface area contributed by atoms with Crippen molar-refractivity contribution >= 4 is 10.9 Å². The number of nitrogens with one attached hydrogen (secondary N) is 1.